The number of hydrogen-bond acceptors (Lipinski definition) is 5. The topological polar surface area (TPSA) is 101 Å². The SMILES string of the molecule is O=C(O)c1ncc2c(C3CCOCC3)[nH]nc2n1. The Hall–Kier alpha value is -2.02. The average Bonchev–Trinajstić information content (AvgIpc) is 2.82. The van der Waals surface area contributed by atoms with Crippen molar-refractivity contribution >= 4 is 17.0 Å². The van der Waals surface area contributed by atoms with E-state index in [4.69, 9.17) is 9.84 Å². The zero-order chi connectivity index (χ0) is 12.5. The Bertz CT molecular complexity index is 589. The van der Waals surface area contributed by atoms with Gasteiger partial charge in [0.1, 0.15) is 0 Å². The first kappa shape index (κ1) is 11.1. The quantitative estimate of drug-likeness (QED) is 0.820. The highest BCUT2D eigenvalue weighted by Crippen LogP contribution is 2.29. The fraction of sp³-hybridized carbons (Fsp3) is 0.455. The molecule has 2 aromatic heterocycles. The average molecular weight is 248 g/mol. The molecule has 2 aromatic rings. The third kappa shape index (κ3) is 1.82. The van der Waals surface area contributed by atoms with E-state index in [0.29, 0.717) is 11.6 Å². The predicted octanol–water partition coefficient (Wildman–Crippen LogP) is 0.945. The number of fused-ring (bicyclic) bond motifs is 1. The molecule has 0 atom stereocenters. The molecule has 3 heterocycles. The van der Waals surface area contributed by atoms with Gasteiger partial charge >= 0.3 is 5.97 Å². The Kier molecular flexibility index (Phi) is 2.67. The zero-order valence-corrected chi connectivity index (χ0v) is 9.59. The summed E-state index contributed by atoms with van der Waals surface area (Å²) >= 11 is 0. The first-order valence-corrected chi connectivity index (χ1v) is 5.78. The van der Waals surface area contributed by atoms with Crippen LogP contribution in [0.15, 0.2) is 6.20 Å². The number of aromatic carboxylic acids is 1. The number of carboxylic acid groups (broad SMARTS) is 1. The number of carbonyl (C=O) groups is 1. The number of H-pyrrole nitrogens is 1. The molecule has 0 radical (unpaired) electrons. The van der Waals surface area contributed by atoms with Gasteiger partial charge in [0.05, 0.1) is 5.39 Å². The van der Waals surface area contributed by atoms with Gasteiger partial charge in [0, 0.05) is 31.0 Å². The van der Waals surface area contributed by atoms with Crippen LogP contribution in [0.5, 0.6) is 0 Å². The molecule has 0 amide bonds. The van der Waals surface area contributed by atoms with Crippen LogP contribution in [0.1, 0.15) is 35.1 Å². The van der Waals surface area contributed by atoms with E-state index in [2.05, 4.69) is 20.2 Å². The Morgan fingerprint density at radius 2 is 2.22 bits per heavy atom. The largest absolute Gasteiger partial charge is 0.475 e. The molecule has 1 saturated heterocycles. The van der Waals surface area contributed by atoms with E-state index < -0.39 is 5.97 Å². The molecule has 3 rings (SSSR count). The van der Waals surface area contributed by atoms with Crippen LogP contribution in [0.3, 0.4) is 0 Å². The summed E-state index contributed by atoms with van der Waals surface area (Å²) < 4.78 is 5.32. The van der Waals surface area contributed by atoms with Gasteiger partial charge in [-0.05, 0) is 12.8 Å². The number of hydrogen-bond donors (Lipinski definition) is 2. The normalized spacial score (nSPS) is 17.1. The van der Waals surface area contributed by atoms with Crippen LogP contribution in [0, 0.1) is 0 Å². The predicted molar refractivity (Wildman–Crippen MR) is 61.4 cm³/mol. The van der Waals surface area contributed by atoms with Gasteiger partial charge in [0.15, 0.2) is 5.65 Å². The van der Waals surface area contributed by atoms with Crippen molar-refractivity contribution in [3.63, 3.8) is 0 Å². The molecule has 0 saturated carbocycles. The number of carboxylic acids is 1. The van der Waals surface area contributed by atoms with Gasteiger partial charge in [-0.25, -0.2) is 14.8 Å². The molecule has 7 nitrogen and oxygen atoms in total. The molecule has 1 aliphatic rings. The summed E-state index contributed by atoms with van der Waals surface area (Å²) in [6.07, 6.45) is 3.38. The van der Waals surface area contributed by atoms with Crippen LogP contribution in [-0.2, 0) is 4.74 Å². The van der Waals surface area contributed by atoms with Gasteiger partial charge in [0.2, 0.25) is 5.82 Å². The highest BCUT2D eigenvalue weighted by atomic mass is 16.5. The maximum Gasteiger partial charge on any atom is 0.374 e. The lowest BCUT2D eigenvalue weighted by atomic mass is 9.95. The van der Waals surface area contributed by atoms with E-state index >= 15 is 0 Å². The van der Waals surface area contributed by atoms with Crippen molar-refractivity contribution in [1.82, 2.24) is 20.2 Å². The summed E-state index contributed by atoms with van der Waals surface area (Å²) in [5, 5.41) is 16.6. The highest BCUT2D eigenvalue weighted by Gasteiger charge is 2.21. The smallest absolute Gasteiger partial charge is 0.374 e. The second-order valence-corrected chi connectivity index (χ2v) is 4.26. The number of aromatic amines is 1. The number of aromatic nitrogens is 4. The van der Waals surface area contributed by atoms with Gasteiger partial charge in [-0.15, -0.1) is 0 Å². The maximum absolute atomic E-state index is 10.8. The Balaban J connectivity index is 2.01. The molecule has 0 aromatic carbocycles. The van der Waals surface area contributed by atoms with Crippen molar-refractivity contribution in [2.75, 3.05) is 13.2 Å². The van der Waals surface area contributed by atoms with Crippen molar-refractivity contribution in [2.45, 2.75) is 18.8 Å². The Morgan fingerprint density at radius 1 is 1.44 bits per heavy atom. The molecule has 94 valence electrons. The fourth-order valence-corrected chi connectivity index (χ4v) is 2.22. The minimum atomic E-state index is -1.15. The lowest BCUT2D eigenvalue weighted by molar-refractivity contribution is 0.0684. The summed E-state index contributed by atoms with van der Waals surface area (Å²) in [5.41, 5.74) is 1.38. The molecule has 0 spiro atoms. The Labute approximate surface area is 102 Å². The van der Waals surface area contributed by atoms with E-state index in [-0.39, 0.29) is 5.82 Å². The summed E-state index contributed by atoms with van der Waals surface area (Å²) in [5.74, 6) is -1.02. The number of nitrogens with one attached hydrogen (secondary N) is 1. The van der Waals surface area contributed by atoms with E-state index in [1.807, 2.05) is 0 Å². The van der Waals surface area contributed by atoms with Crippen molar-refractivity contribution in [3.05, 3.63) is 17.7 Å². The minimum Gasteiger partial charge on any atom is -0.475 e. The first-order valence-electron chi connectivity index (χ1n) is 5.78. The summed E-state index contributed by atoms with van der Waals surface area (Å²) in [4.78, 5) is 18.5. The maximum atomic E-state index is 10.8. The number of nitrogens with zero attached hydrogens (tertiary/aromatic N) is 3. The molecule has 18 heavy (non-hydrogen) atoms. The highest BCUT2D eigenvalue weighted by molar-refractivity contribution is 5.86. The minimum absolute atomic E-state index is 0.229. The molecular weight excluding hydrogens is 236 g/mol. The van der Waals surface area contributed by atoms with Crippen molar-refractivity contribution in [3.8, 4) is 0 Å². The van der Waals surface area contributed by atoms with Crippen LogP contribution < -0.4 is 0 Å². The Morgan fingerprint density at radius 3 is 2.94 bits per heavy atom. The first-order chi connectivity index (χ1) is 8.75. The monoisotopic (exact) mass is 248 g/mol. The van der Waals surface area contributed by atoms with Crippen LogP contribution in [0.4, 0.5) is 0 Å². The van der Waals surface area contributed by atoms with E-state index in [9.17, 15) is 4.79 Å². The molecule has 7 heteroatoms. The third-order valence-corrected chi connectivity index (χ3v) is 3.16. The van der Waals surface area contributed by atoms with Crippen molar-refractivity contribution < 1.29 is 14.6 Å². The van der Waals surface area contributed by atoms with E-state index in [1.165, 1.54) is 6.20 Å². The van der Waals surface area contributed by atoms with E-state index in [1.54, 1.807) is 0 Å². The molecule has 0 unspecified atom stereocenters. The van der Waals surface area contributed by atoms with Crippen LogP contribution in [-0.4, -0.2) is 44.5 Å². The lowest BCUT2D eigenvalue weighted by Gasteiger charge is -2.20. The van der Waals surface area contributed by atoms with Crippen LogP contribution >= 0.6 is 0 Å². The lowest BCUT2D eigenvalue weighted by Crippen LogP contribution is -2.14. The van der Waals surface area contributed by atoms with Crippen LogP contribution in [0.25, 0.3) is 11.0 Å². The second kappa shape index (κ2) is 4.34. The molecule has 2 N–H and O–H groups in total. The summed E-state index contributed by atoms with van der Waals surface area (Å²) in [6.45, 7) is 1.47. The molecular formula is C11H12N4O3. The standard InChI is InChI=1S/C11H12N4O3/c16-11(17)10-12-5-7-8(14-15-9(7)13-10)6-1-3-18-4-2-6/h5-6H,1-4H2,(H,16,17)(H,12,13,14,15). The van der Waals surface area contributed by atoms with Gasteiger partial charge < -0.3 is 9.84 Å². The van der Waals surface area contributed by atoms with Crippen molar-refractivity contribution in [1.29, 1.82) is 0 Å². The van der Waals surface area contributed by atoms with Gasteiger partial charge in [0.25, 0.3) is 0 Å². The third-order valence-electron chi connectivity index (χ3n) is 3.16. The van der Waals surface area contributed by atoms with Gasteiger partial charge in [-0.3, -0.25) is 5.10 Å². The number of ether oxygens (including phenoxy) is 1. The fourth-order valence-electron chi connectivity index (χ4n) is 2.22. The molecule has 0 bridgehead atoms. The zero-order valence-electron chi connectivity index (χ0n) is 9.59. The molecule has 1 aliphatic heterocycles. The summed E-state index contributed by atoms with van der Waals surface area (Å²) in [6, 6.07) is 0. The molecule has 1 fully saturated rings. The van der Waals surface area contributed by atoms with Gasteiger partial charge in [-0.1, -0.05) is 0 Å². The molecule has 0 aliphatic carbocycles. The van der Waals surface area contributed by atoms with Gasteiger partial charge in [-0.2, -0.15) is 5.10 Å². The van der Waals surface area contributed by atoms with E-state index in [0.717, 1.165) is 37.1 Å². The summed E-state index contributed by atoms with van der Waals surface area (Å²) in [7, 11) is 0. The number of rotatable bonds is 2. The van der Waals surface area contributed by atoms with Crippen molar-refractivity contribution in [2.24, 2.45) is 0 Å². The van der Waals surface area contributed by atoms with Crippen LogP contribution in [0.2, 0.25) is 0 Å². The second-order valence-electron chi connectivity index (χ2n) is 4.26.